The van der Waals surface area contributed by atoms with Gasteiger partial charge in [-0.2, -0.15) is 0 Å². The van der Waals surface area contributed by atoms with Gasteiger partial charge in [-0.1, -0.05) is 92.7 Å². The van der Waals surface area contributed by atoms with E-state index in [4.69, 9.17) is 23.5 Å². The fourth-order valence-corrected chi connectivity index (χ4v) is 9.77. The molecule has 1 aliphatic rings. The number of carbonyl (C=O) groups is 3. The molecule has 3 aromatic heterocycles. The number of hydrogen-bond donors (Lipinski definition) is 3. The normalized spacial score (nSPS) is 15.4. The minimum atomic E-state index is -0.965. The highest BCUT2D eigenvalue weighted by Crippen LogP contribution is 2.37. The van der Waals surface area contributed by atoms with Crippen molar-refractivity contribution in [2.45, 2.75) is 79.2 Å². The van der Waals surface area contributed by atoms with Crippen LogP contribution in [0.3, 0.4) is 0 Å². The zero-order chi connectivity index (χ0) is 49.4. The van der Waals surface area contributed by atoms with E-state index >= 15 is 0 Å². The first-order valence-electron chi connectivity index (χ1n) is 23.7. The summed E-state index contributed by atoms with van der Waals surface area (Å²) in [4.78, 5) is 47.3. The molecule has 0 saturated carbocycles. The van der Waals surface area contributed by atoms with E-state index in [9.17, 15) is 19.5 Å². The van der Waals surface area contributed by atoms with Gasteiger partial charge in [0.15, 0.2) is 0 Å². The zero-order valence-electron chi connectivity index (χ0n) is 40.7. The molecule has 3 amide bonds. The third-order valence-corrected chi connectivity index (χ3v) is 13.5. The minimum absolute atomic E-state index is 0.0145. The number of carbonyl (C=O) groups excluding carboxylic acids is 3. The lowest BCUT2D eigenvalue weighted by Gasteiger charge is -2.35. The fourth-order valence-electron chi connectivity index (χ4n) is 8.96. The molecule has 7 aromatic rings. The van der Waals surface area contributed by atoms with Gasteiger partial charge in [0, 0.05) is 47.9 Å². The number of thiazole rings is 1. The Morgan fingerprint density at radius 3 is 2.21 bits per heavy atom. The average Bonchev–Trinajstić information content (AvgIpc) is 4.12. The Morgan fingerprint density at radius 1 is 0.814 bits per heavy atom. The van der Waals surface area contributed by atoms with Crippen LogP contribution in [0, 0.1) is 26.2 Å². The maximum Gasteiger partial charge on any atom is 0.246 e. The van der Waals surface area contributed by atoms with E-state index in [1.165, 1.54) is 10.5 Å². The number of ether oxygens (including phenoxy) is 4. The van der Waals surface area contributed by atoms with E-state index in [0.29, 0.717) is 33.0 Å². The van der Waals surface area contributed by atoms with Crippen molar-refractivity contribution < 1.29 is 43.0 Å². The summed E-state index contributed by atoms with van der Waals surface area (Å²) in [5.74, 6) is 0.252. The van der Waals surface area contributed by atoms with Crippen LogP contribution in [0.2, 0.25) is 0 Å². The molecule has 1 fully saturated rings. The van der Waals surface area contributed by atoms with Crippen molar-refractivity contribution >= 4 is 50.9 Å². The molecular formula is C54H62N6O9S. The number of aromatic nitrogens is 3. The third kappa shape index (κ3) is 11.9. The molecule has 3 atom stereocenters. The van der Waals surface area contributed by atoms with Gasteiger partial charge in [-0.25, -0.2) is 4.98 Å². The van der Waals surface area contributed by atoms with E-state index < -0.39 is 35.4 Å². The first-order chi connectivity index (χ1) is 33.7. The summed E-state index contributed by atoms with van der Waals surface area (Å²) in [6, 6.07) is 29.1. The van der Waals surface area contributed by atoms with Gasteiger partial charge >= 0.3 is 0 Å². The van der Waals surface area contributed by atoms with Crippen LogP contribution in [0.4, 0.5) is 0 Å². The second-order valence-corrected chi connectivity index (χ2v) is 19.6. The Labute approximate surface area is 412 Å². The molecule has 16 heteroatoms. The highest BCUT2D eigenvalue weighted by molar-refractivity contribution is 7.13. The maximum absolute atomic E-state index is 14.0. The number of β-amino-alcohol motifs (C(OH)–C–C–N with tert-alkyl or cyclic N) is 1. The number of benzene rings is 4. The van der Waals surface area contributed by atoms with Crippen molar-refractivity contribution in [1.29, 1.82) is 0 Å². The van der Waals surface area contributed by atoms with E-state index in [1.54, 1.807) is 11.3 Å². The molecule has 0 radical (unpaired) electrons. The molecule has 1 aliphatic heterocycles. The van der Waals surface area contributed by atoms with Gasteiger partial charge in [-0.3, -0.25) is 14.4 Å². The van der Waals surface area contributed by atoms with E-state index in [1.807, 2.05) is 83.5 Å². The molecule has 0 spiro atoms. The summed E-state index contributed by atoms with van der Waals surface area (Å²) < 4.78 is 31.0. The Balaban J connectivity index is 0.747. The third-order valence-electron chi connectivity index (χ3n) is 12.5. The molecule has 4 heterocycles. The molecule has 0 bridgehead atoms. The van der Waals surface area contributed by atoms with E-state index in [0.717, 1.165) is 71.8 Å². The van der Waals surface area contributed by atoms with Crippen molar-refractivity contribution in [1.82, 2.24) is 30.2 Å². The molecular weight excluding hydrogens is 909 g/mol. The van der Waals surface area contributed by atoms with Gasteiger partial charge in [0.05, 0.1) is 66.4 Å². The predicted molar refractivity (Wildman–Crippen MR) is 270 cm³/mol. The van der Waals surface area contributed by atoms with Crippen molar-refractivity contribution in [3.8, 4) is 27.3 Å². The predicted octanol–water partition coefficient (Wildman–Crippen LogP) is 7.78. The monoisotopic (exact) mass is 970 g/mol. The van der Waals surface area contributed by atoms with Crippen LogP contribution in [0.5, 0.6) is 5.75 Å². The van der Waals surface area contributed by atoms with Crippen LogP contribution in [-0.4, -0.2) is 113 Å². The highest BCUT2D eigenvalue weighted by atomic mass is 32.1. The summed E-state index contributed by atoms with van der Waals surface area (Å²) >= 11 is 1.57. The number of nitrogens with zero attached hydrogens (tertiary/aromatic N) is 4. The number of rotatable bonds is 21. The molecule has 70 heavy (non-hydrogen) atoms. The van der Waals surface area contributed by atoms with Crippen LogP contribution in [-0.2, 0) is 41.7 Å². The second kappa shape index (κ2) is 22.5. The number of fused-ring (bicyclic) bond motifs is 3. The summed E-state index contributed by atoms with van der Waals surface area (Å²) in [6.45, 7) is 13.9. The minimum Gasteiger partial charge on any atom is -0.491 e. The van der Waals surface area contributed by atoms with E-state index in [-0.39, 0.29) is 45.2 Å². The van der Waals surface area contributed by atoms with Crippen LogP contribution >= 0.6 is 11.3 Å². The lowest BCUT2D eigenvalue weighted by molar-refractivity contribution is -0.144. The van der Waals surface area contributed by atoms with Crippen molar-refractivity contribution in [2.75, 3.05) is 52.8 Å². The first kappa shape index (κ1) is 50.0. The average molecular weight is 971 g/mol. The van der Waals surface area contributed by atoms with Crippen LogP contribution < -0.4 is 15.4 Å². The Kier molecular flexibility index (Phi) is 16.1. The van der Waals surface area contributed by atoms with Crippen molar-refractivity contribution in [2.24, 2.45) is 5.41 Å². The molecule has 0 unspecified atom stereocenters. The molecule has 3 N–H and O–H groups in total. The van der Waals surface area contributed by atoms with Crippen LogP contribution in [0.15, 0.2) is 101 Å². The first-order valence-corrected chi connectivity index (χ1v) is 24.6. The number of nitrogens with one attached hydrogen (secondary N) is 2. The molecule has 1 saturated heterocycles. The Morgan fingerprint density at radius 2 is 1.53 bits per heavy atom. The molecule has 8 rings (SSSR count). The fraction of sp³-hybridized carbons (Fsp3) is 0.389. The molecule has 4 aromatic carbocycles. The zero-order valence-corrected chi connectivity index (χ0v) is 41.5. The standard InChI is InChI=1S/C54H62N6O9S/c1-34-49(36(3)69-58-34)40-16-18-43-44-28-42(17-19-45(44)59(46(43)26-40)30-38-10-8-7-9-11-38)68-25-24-66-21-20-65-22-23-67-32-48(62)57-51(54(4,5)6)53(64)60-31-41(61)27-47(60)52(63)55-29-37-12-14-39(15-13-37)50-35(2)56-33-70-50/h7-19,26,28,33,41,47,51,61H,20-25,27,29-32H2,1-6H3,(H,55,63)(H,57,62)/t41-,47+,51-/m1/s1. The molecule has 0 aliphatic carbocycles. The Hall–Kier alpha value is -6.43. The number of aryl methyl sites for hydroxylation is 3. The summed E-state index contributed by atoms with van der Waals surface area (Å²) in [6.07, 6.45) is -0.772. The summed E-state index contributed by atoms with van der Waals surface area (Å²) in [5.41, 5.74) is 10.4. The quantitative estimate of drug-likeness (QED) is 0.0599. The number of likely N-dealkylation sites (tertiary alicyclic amines) is 1. The highest BCUT2D eigenvalue weighted by Gasteiger charge is 2.44. The molecule has 368 valence electrons. The molecule has 15 nitrogen and oxygen atoms in total. The number of aliphatic hydroxyl groups excluding tert-OH is 1. The lowest BCUT2D eigenvalue weighted by atomic mass is 9.85. The topological polar surface area (TPSA) is 180 Å². The van der Waals surface area contributed by atoms with Crippen LogP contribution in [0.1, 0.15) is 55.5 Å². The SMILES string of the molecule is Cc1ncsc1-c1ccc(CNC(=O)[C@@H]2C[C@@H](O)CN2C(=O)[C@@H](NC(=O)COCCOCCOCCOc2ccc3c(c2)c2ccc(-c4c(C)noc4C)cc2n3Cc2ccccc2)C(C)(C)C)cc1. The summed E-state index contributed by atoms with van der Waals surface area (Å²) in [7, 11) is 0. The van der Waals surface area contributed by atoms with Gasteiger partial charge in [0.1, 0.15) is 36.8 Å². The smallest absolute Gasteiger partial charge is 0.246 e. The largest absolute Gasteiger partial charge is 0.491 e. The van der Waals surface area contributed by atoms with Gasteiger partial charge in [0.2, 0.25) is 17.7 Å². The van der Waals surface area contributed by atoms with Gasteiger partial charge in [-0.05, 0) is 72.7 Å². The number of amides is 3. The van der Waals surface area contributed by atoms with Gasteiger partial charge in [-0.15, -0.1) is 11.3 Å². The Bertz CT molecular complexity index is 2890. The maximum atomic E-state index is 14.0. The second-order valence-electron chi connectivity index (χ2n) is 18.8. The van der Waals surface area contributed by atoms with Gasteiger partial charge < -0.3 is 48.7 Å². The van der Waals surface area contributed by atoms with Gasteiger partial charge in [0.25, 0.3) is 0 Å². The summed E-state index contributed by atoms with van der Waals surface area (Å²) in [5, 5.41) is 22.7. The van der Waals surface area contributed by atoms with Crippen molar-refractivity contribution in [3.05, 3.63) is 125 Å². The van der Waals surface area contributed by atoms with Crippen molar-refractivity contribution in [3.63, 3.8) is 0 Å². The van der Waals surface area contributed by atoms with Crippen LogP contribution in [0.25, 0.3) is 43.4 Å². The number of hydrogen-bond acceptors (Lipinski definition) is 12. The number of aliphatic hydroxyl groups is 1. The van der Waals surface area contributed by atoms with E-state index in [2.05, 4.69) is 79.9 Å². The lowest BCUT2D eigenvalue weighted by Crippen LogP contribution is -2.58.